The third kappa shape index (κ3) is 1.86. The maximum atomic E-state index is 12.5. The van der Waals surface area contributed by atoms with Gasteiger partial charge in [0.2, 0.25) is 0 Å². The van der Waals surface area contributed by atoms with Crippen LogP contribution in [0.15, 0.2) is 24.3 Å². The fraction of sp³-hybridized carbons (Fsp3) is 0.500. The molecule has 1 aliphatic carbocycles. The number of hydrogen-bond donors (Lipinski definition) is 2. The molecule has 4 heteroatoms. The molecule has 2 fully saturated rings. The van der Waals surface area contributed by atoms with Gasteiger partial charge in [-0.3, -0.25) is 10.6 Å². The number of hydrogen-bond acceptors (Lipinski definition) is 3. The lowest BCUT2D eigenvalue weighted by atomic mass is 10.0. The first-order valence-electron chi connectivity index (χ1n) is 6.64. The molecule has 1 saturated carbocycles. The molecule has 2 aliphatic rings. The summed E-state index contributed by atoms with van der Waals surface area (Å²) in [6.45, 7) is 1.84. The smallest absolute Gasteiger partial charge is 0.256 e. The number of hydrazine groups is 1. The Bertz CT molecular complexity index is 448. The summed E-state index contributed by atoms with van der Waals surface area (Å²) in [5.74, 6) is 7.02. The summed E-state index contributed by atoms with van der Waals surface area (Å²) in [5, 5.41) is 0. The molecule has 1 heterocycles. The van der Waals surface area contributed by atoms with Crippen LogP contribution in [-0.2, 0) is 0 Å². The highest BCUT2D eigenvalue weighted by atomic mass is 16.2. The Morgan fingerprint density at radius 3 is 2.56 bits per heavy atom. The van der Waals surface area contributed by atoms with E-state index in [-0.39, 0.29) is 5.91 Å². The predicted octanol–water partition coefficient (Wildman–Crippen LogP) is 1.84. The van der Waals surface area contributed by atoms with E-state index >= 15 is 0 Å². The second-order valence-electron chi connectivity index (χ2n) is 5.35. The van der Waals surface area contributed by atoms with Crippen LogP contribution in [0.1, 0.15) is 29.6 Å². The number of carbonyl (C=O) groups is 1. The molecule has 96 valence electrons. The van der Waals surface area contributed by atoms with Crippen LogP contribution in [-0.4, -0.2) is 23.9 Å². The molecule has 0 spiro atoms. The maximum absolute atomic E-state index is 12.5. The standard InChI is InChI=1S/C14H19N3O/c15-16-13-7-2-1-6-12(13)14(18)17-8-10-4-3-5-11(10)9-17/h1-2,6-7,10-11,16H,3-5,8-9,15H2. The fourth-order valence-electron chi connectivity index (χ4n) is 3.37. The molecule has 0 radical (unpaired) electrons. The van der Waals surface area contributed by atoms with Crippen molar-refractivity contribution in [3.8, 4) is 0 Å². The number of fused-ring (bicyclic) bond motifs is 1. The molecule has 1 saturated heterocycles. The van der Waals surface area contributed by atoms with Crippen LogP contribution in [0.4, 0.5) is 5.69 Å². The number of nitrogens with two attached hydrogens (primary N) is 1. The van der Waals surface area contributed by atoms with Gasteiger partial charge in [0, 0.05) is 13.1 Å². The summed E-state index contributed by atoms with van der Waals surface area (Å²) in [7, 11) is 0. The summed E-state index contributed by atoms with van der Waals surface area (Å²) in [5.41, 5.74) is 3.99. The zero-order chi connectivity index (χ0) is 12.5. The lowest BCUT2D eigenvalue weighted by Gasteiger charge is -2.19. The Kier molecular flexibility index (Phi) is 2.96. The summed E-state index contributed by atoms with van der Waals surface area (Å²) in [4.78, 5) is 14.5. The fourth-order valence-corrected chi connectivity index (χ4v) is 3.37. The van der Waals surface area contributed by atoms with E-state index in [9.17, 15) is 4.79 Å². The summed E-state index contributed by atoms with van der Waals surface area (Å²) < 4.78 is 0. The number of rotatable bonds is 2. The molecule has 2 unspecified atom stereocenters. The van der Waals surface area contributed by atoms with Crippen LogP contribution in [0.2, 0.25) is 0 Å². The van der Waals surface area contributed by atoms with Crippen molar-refractivity contribution in [2.24, 2.45) is 17.7 Å². The van der Waals surface area contributed by atoms with Crippen LogP contribution in [0.25, 0.3) is 0 Å². The van der Waals surface area contributed by atoms with Crippen molar-refractivity contribution in [3.05, 3.63) is 29.8 Å². The maximum Gasteiger partial charge on any atom is 0.256 e. The minimum Gasteiger partial charge on any atom is -0.338 e. The van der Waals surface area contributed by atoms with Gasteiger partial charge in [-0.15, -0.1) is 0 Å². The summed E-state index contributed by atoms with van der Waals surface area (Å²) in [6, 6.07) is 7.44. The zero-order valence-electron chi connectivity index (χ0n) is 10.4. The van der Waals surface area contributed by atoms with E-state index in [2.05, 4.69) is 5.43 Å². The van der Waals surface area contributed by atoms with E-state index in [1.807, 2.05) is 29.2 Å². The highest BCUT2D eigenvalue weighted by Gasteiger charge is 2.38. The SMILES string of the molecule is NNc1ccccc1C(=O)N1CC2CCCC2C1. The zero-order valence-corrected chi connectivity index (χ0v) is 10.4. The first-order chi connectivity index (χ1) is 8.79. The quantitative estimate of drug-likeness (QED) is 0.617. The van der Waals surface area contributed by atoms with Gasteiger partial charge in [-0.05, 0) is 36.8 Å². The van der Waals surface area contributed by atoms with Crippen LogP contribution in [0, 0.1) is 11.8 Å². The number of benzene rings is 1. The molecular weight excluding hydrogens is 226 g/mol. The van der Waals surface area contributed by atoms with Crippen molar-refractivity contribution < 1.29 is 4.79 Å². The third-order valence-corrected chi connectivity index (χ3v) is 4.33. The Morgan fingerprint density at radius 1 is 1.22 bits per heavy atom. The van der Waals surface area contributed by atoms with E-state index in [0.29, 0.717) is 11.3 Å². The number of nitrogen functional groups attached to an aromatic ring is 1. The molecule has 1 aliphatic heterocycles. The lowest BCUT2D eigenvalue weighted by molar-refractivity contribution is 0.0781. The molecule has 3 N–H and O–H groups in total. The van der Waals surface area contributed by atoms with Gasteiger partial charge in [0.05, 0.1) is 11.3 Å². The van der Waals surface area contributed by atoms with E-state index in [1.54, 1.807) is 0 Å². The molecule has 1 aromatic carbocycles. The van der Waals surface area contributed by atoms with Gasteiger partial charge >= 0.3 is 0 Å². The lowest BCUT2D eigenvalue weighted by Crippen LogP contribution is -2.30. The van der Waals surface area contributed by atoms with Gasteiger partial charge in [0.1, 0.15) is 0 Å². The van der Waals surface area contributed by atoms with Gasteiger partial charge in [0.25, 0.3) is 5.91 Å². The van der Waals surface area contributed by atoms with Gasteiger partial charge in [-0.1, -0.05) is 18.6 Å². The number of likely N-dealkylation sites (tertiary alicyclic amines) is 1. The van der Waals surface area contributed by atoms with Crippen LogP contribution >= 0.6 is 0 Å². The average molecular weight is 245 g/mol. The van der Waals surface area contributed by atoms with E-state index in [1.165, 1.54) is 19.3 Å². The summed E-state index contributed by atoms with van der Waals surface area (Å²) >= 11 is 0. The number of nitrogens with one attached hydrogen (secondary N) is 1. The monoisotopic (exact) mass is 245 g/mol. The highest BCUT2D eigenvalue weighted by Crippen LogP contribution is 2.38. The van der Waals surface area contributed by atoms with Crippen LogP contribution in [0.5, 0.6) is 0 Å². The largest absolute Gasteiger partial charge is 0.338 e. The molecular formula is C14H19N3O. The molecule has 0 bridgehead atoms. The summed E-state index contributed by atoms with van der Waals surface area (Å²) in [6.07, 6.45) is 3.90. The van der Waals surface area contributed by atoms with E-state index in [4.69, 9.17) is 5.84 Å². The third-order valence-electron chi connectivity index (χ3n) is 4.33. The minimum absolute atomic E-state index is 0.109. The van der Waals surface area contributed by atoms with Gasteiger partial charge in [0.15, 0.2) is 0 Å². The Labute approximate surface area is 107 Å². The number of nitrogens with zero attached hydrogens (tertiary/aromatic N) is 1. The first kappa shape index (κ1) is 11.5. The van der Waals surface area contributed by atoms with Crippen molar-refractivity contribution in [1.82, 2.24) is 4.90 Å². The Balaban J connectivity index is 1.79. The first-order valence-corrected chi connectivity index (χ1v) is 6.64. The van der Waals surface area contributed by atoms with E-state index in [0.717, 1.165) is 24.9 Å². The van der Waals surface area contributed by atoms with Crippen molar-refractivity contribution in [2.75, 3.05) is 18.5 Å². The van der Waals surface area contributed by atoms with Crippen molar-refractivity contribution >= 4 is 11.6 Å². The van der Waals surface area contributed by atoms with Gasteiger partial charge < -0.3 is 10.3 Å². The minimum atomic E-state index is 0.109. The Morgan fingerprint density at radius 2 is 1.89 bits per heavy atom. The molecule has 4 nitrogen and oxygen atoms in total. The molecule has 18 heavy (non-hydrogen) atoms. The van der Waals surface area contributed by atoms with Crippen LogP contribution < -0.4 is 11.3 Å². The number of carbonyl (C=O) groups excluding carboxylic acids is 1. The van der Waals surface area contributed by atoms with Crippen molar-refractivity contribution in [2.45, 2.75) is 19.3 Å². The van der Waals surface area contributed by atoms with E-state index < -0.39 is 0 Å². The highest BCUT2D eigenvalue weighted by molar-refractivity contribution is 5.99. The Hall–Kier alpha value is -1.55. The topological polar surface area (TPSA) is 58.4 Å². The second kappa shape index (κ2) is 4.61. The van der Waals surface area contributed by atoms with Gasteiger partial charge in [-0.25, -0.2) is 0 Å². The molecule has 1 aromatic rings. The molecule has 1 amide bonds. The number of para-hydroxylation sites is 1. The molecule has 2 atom stereocenters. The predicted molar refractivity (Wildman–Crippen MR) is 71.0 cm³/mol. The number of anilines is 1. The number of amides is 1. The molecule has 0 aromatic heterocycles. The average Bonchev–Trinajstić information content (AvgIpc) is 2.98. The van der Waals surface area contributed by atoms with Crippen LogP contribution in [0.3, 0.4) is 0 Å². The second-order valence-corrected chi connectivity index (χ2v) is 5.35. The molecule has 3 rings (SSSR count). The van der Waals surface area contributed by atoms with Crippen molar-refractivity contribution in [3.63, 3.8) is 0 Å². The normalized spacial score (nSPS) is 26.2. The van der Waals surface area contributed by atoms with Crippen molar-refractivity contribution in [1.29, 1.82) is 0 Å². The van der Waals surface area contributed by atoms with Gasteiger partial charge in [-0.2, -0.15) is 0 Å².